The van der Waals surface area contributed by atoms with Gasteiger partial charge in [-0.15, -0.1) is 0 Å². The summed E-state index contributed by atoms with van der Waals surface area (Å²) in [5, 5.41) is 4.62. The number of nitrogens with two attached hydrogens (primary N) is 1. The van der Waals surface area contributed by atoms with Crippen LogP contribution in [0, 0.1) is 11.6 Å². The highest BCUT2D eigenvalue weighted by atomic mass is 19.2. The van der Waals surface area contributed by atoms with Crippen molar-refractivity contribution in [3.63, 3.8) is 0 Å². The topological polar surface area (TPSA) is 67.2 Å². The number of carbonyl (C=O) groups is 1. The van der Waals surface area contributed by atoms with Crippen molar-refractivity contribution in [1.29, 1.82) is 0 Å². The Hall–Kier alpha value is -1.85. The summed E-state index contributed by atoms with van der Waals surface area (Å²) in [6.07, 6.45) is 0.745. The number of nitrogen functional groups attached to an aromatic ring is 1. The molecule has 0 saturated heterocycles. The van der Waals surface area contributed by atoms with Crippen molar-refractivity contribution in [2.24, 2.45) is 0 Å². The van der Waals surface area contributed by atoms with Gasteiger partial charge >= 0.3 is 6.03 Å². The van der Waals surface area contributed by atoms with Crippen LogP contribution in [0.2, 0.25) is 0 Å². The Kier molecular flexibility index (Phi) is 4.04. The first-order valence-corrected chi connectivity index (χ1v) is 4.84. The number of amides is 2. The molecule has 4 nitrogen and oxygen atoms in total. The lowest BCUT2D eigenvalue weighted by Gasteiger charge is -2.10. The molecular formula is C10H13F2N3O. The van der Waals surface area contributed by atoms with Crippen molar-refractivity contribution in [1.82, 2.24) is 5.32 Å². The molecule has 6 heteroatoms. The number of hydrogen-bond acceptors (Lipinski definition) is 2. The molecule has 16 heavy (non-hydrogen) atoms. The molecule has 0 fully saturated rings. The van der Waals surface area contributed by atoms with E-state index in [9.17, 15) is 13.6 Å². The molecule has 1 aromatic rings. The van der Waals surface area contributed by atoms with Gasteiger partial charge < -0.3 is 16.4 Å². The van der Waals surface area contributed by atoms with Gasteiger partial charge in [-0.1, -0.05) is 6.92 Å². The van der Waals surface area contributed by atoms with E-state index < -0.39 is 17.7 Å². The Labute approximate surface area is 91.8 Å². The van der Waals surface area contributed by atoms with Gasteiger partial charge in [-0.2, -0.15) is 0 Å². The zero-order valence-electron chi connectivity index (χ0n) is 8.81. The number of benzene rings is 1. The van der Waals surface area contributed by atoms with E-state index in [0.717, 1.165) is 12.5 Å². The van der Waals surface area contributed by atoms with Crippen molar-refractivity contribution >= 4 is 17.4 Å². The summed E-state index contributed by atoms with van der Waals surface area (Å²) < 4.78 is 26.1. The minimum absolute atomic E-state index is 0.0226. The maximum absolute atomic E-state index is 13.2. The quantitative estimate of drug-likeness (QED) is 0.694. The molecule has 0 spiro atoms. The van der Waals surface area contributed by atoms with Gasteiger partial charge in [0.05, 0.1) is 5.69 Å². The first kappa shape index (κ1) is 12.2. The normalized spacial score (nSPS) is 9.94. The maximum atomic E-state index is 13.2. The Bertz CT molecular complexity index is 396. The van der Waals surface area contributed by atoms with Crippen LogP contribution in [0.5, 0.6) is 0 Å². The van der Waals surface area contributed by atoms with E-state index >= 15 is 0 Å². The Morgan fingerprint density at radius 1 is 1.44 bits per heavy atom. The lowest BCUT2D eigenvalue weighted by molar-refractivity contribution is 0.252. The molecule has 0 bridgehead atoms. The molecule has 4 N–H and O–H groups in total. The van der Waals surface area contributed by atoms with Crippen LogP contribution >= 0.6 is 0 Å². The van der Waals surface area contributed by atoms with E-state index in [4.69, 9.17) is 5.73 Å². The second-order valence-electron chi connectivity index (χ2n) is 3.21. The van der Waals surface area contributed by atoms with Crippen molar-refractivity contribution < 1.29 is 13.6 Å². The molecule has 0 atom stereocenters. The molecule has 0 saturated carbocycles. The standard InChI is InChI=1S/C10H13F2N3O/c1-2-5-14-10(16)15-9-7(13)4-3-6(11)8(9)12/h3-4H,2,5,13H2,1H3,(H2,14,15,16). The molecule has 88 valence electrons. The second-order valence-corrected chi connectivity index (χ2v) is 3.21. The summed E-state index contributed by atoms with van der Waals surface area (Å²) in [5.74, 6) is -2.22. The molecule has 0 aliphatic heterocycles. The third-order valence-electron chi connectivity index (χ3n) is 1.90. The van der Waals surface area contributed by atoms with Gasteiger partial charge in [0.25, 0.3) is 0 Å². The van der Waals surface area contributed by atoms with Gasteiger partial charge in [-0.3, -0.25) is 0 Å². The van der Waals surface area contributed by atoms with E-state index in [-0.39, 0.29) is 11.4 Å². The fourth-order valence-electron chi connectivity index (χ4n) is 1.09. The third kappa shape index (κ3) is 2.82. The summed E-state index contributed by atoms with van der Waals surface area (Å²) >= 11 is 0. The van der Waals surface area contributed by atoms with E-state index in [1.807, 2.05) is 6.92 Å². The zero-order valence-corrected chi connectivity index (χ0v) is 8.81. The molecule has 0 aliphatic carbocycles. The predicted molar refractivity (Wildman–Crippen MR) is 58.1 cm³/mol. The van der Waals surface area contributed by atoms with Crippen molar-refractivity contribution in [2.45, 2.75) is 13.3 Å². The second kappa shape index (κ2) is 5.29. The molecular weight excluding hydrogens is 216 g/mol. The van der Waals surface area contributed by atoms with E-state index in [1.165, 1.54) is 6.07 Å². The van der Waals surface area contributed by atoms with E-state index in [2.05, 4.69) is 10.6 Å². The van der Waals surface area contributed by atoms with Gasteiger partial charge in [-0.25, -0.2) is 13.6 Å². The van der Waals surface area contributed by atoms with Crippen LogP contribution in [-0.4, -0.2) is 12.6 Å². The average molecular weight is 229 g/mol. The lowest BCUT2D eigenvalue weighted by atomic mass is 10.2. The molecule has 0 unspecified atom stereocenters. The van der Waals surface area contributed by atoms with Crippen molar-refractivity contribution in [3.05, 3.63) is 23.8 Å². The lowest BCUT2D eigenvalue weighted by Crippen LogP contribution is -2.30. The van der Waals surface area contributed by atoms with Crippen LogP contribution in [0.15, 0.2) is 12.1 Å². The van der Waals surface area contributed by atoms with Gasteiger partial charge in [-0.05, 0) is 18.6 Å². The molecule has 2 amide bonds. The molecule has 1 aromatic carbocycles. The van der Waals surface area contributed by atoms with Crippen LogP contribution in [0.1, 0.15) is 13.3 Å². The Balaban J connectivity index is 2.80. The minimum Gasteiger partial charge on any atom is -0.397 e. The minimum atomic E-state index is -1.16. The number of urea groups is 1. The summed E-state index contributed by atoms with van der Waals surface area (Å²) in [5.41, 5.74) is 5.06. The van der Waals surface area contributed by atoms with Crippen LogP contribution in [0.3, 0.4) is 0 Å². The number of rotatable bonds is 3. The van der Waals surface area contributed by atoms with Crippen LogP contribution in [-0.2, 0) is 0 Å². The number of halogens is 2. The van der Waals surface area contributed by atoms with Crippen LogP contribution in [0.25, 0.3) is 0 Å². The van der Waals surface area contributed by atoms with Crippen molar-refractivity contribution in [2.75, 3.05) is 17.6 Å². The number of hydrogen-bond donors (Lipinski definition) is 3. The Morgan fingerprint density at radius 3 is 2.75 bits per heavy atom. The summed E-state index contributed by atoms with van der Waals surface area (Å²) in [6.45, 7) is 2.32. The maximum Gasteiger partial charge on any atom is 0.319 e. The van der Waals surface area contributed by atoms with Gasteiger partial charge in [0.2, 0.25) is 0 Å². The highest BCUT2D eigenvalue weighted by molar-refractivity contribution is 5.92. The van der Waals surface area contributed by atoms with E-state index in [0.29, 0.717) is 6.54 Å². The fourth-order valence-corrected chi connectivity index (χ4v) is 1.09. The molecule has 0 radical (unpaired) electrons. The summed E-state index contributed by atoms with van der Waals surface area (Å²) in [6, 6.07) is 1.48. The number of carbonyl (C=O) groups excluding carboxylic acids is 1. The van der Waals surface area contributed by atoms with Crippen LogP contribution in [0.4, 0.5) is 25.0 Å². The van der Waals surface area contributed by atoms with E-state index in [1.54, 1.807) is 0 Å². The smallest absolute Gasteiger partial charge is 0.319 e. The van der Waals surface area contributed by atoms with Gasteiger partial charge in [0.1, 0.15) is 5.69 Å². The first-order chi connectivity index (χ1) is 7.56. The first-order valence-electron chi connectivity index (χ1n) is 4.84. The van der Waals surface area contributed by atoms with Gasteiger partial charge in [0.15, 0.2) is 11.6 Å². The average Bonchev–Trinajstić information content (AvgIpc) is 2.27. The largest absolute Gasteiger partial charge is 0.397 e. The molecule has 0 aromatic heterocycles. The van der Waals surface area contributed by atoms with Gasteiger partial charge in [0, 0.05) is 6.54 Å². The van der Waals surface area contributed by atoms with Crippen molar-refractivity contribution in [3.8, 4) is 0 Å². The predicted octanol–water partition coefficient (Wildman–Crippen LogP) is 2.08. The van der Waals surface area contributed by atoms with Crippen LogP contribution < -0.4 is 16.4 Å². The highest BCUT2D eigenvalue weighted by Gasteiger charge is 2.13. The molecule has 1 rings (SSSR count). The fraction of sp³-hybridized carbons (Fsp3) is 0.300. The molecule has 0 heterocycles. The third-order valence-corrected chi connectivity index (χ3v) is 1.90. The molecule has 0 aliphatic rings. The highest BCUT2D eigenvalue weighted by Crippen LogP contribution is 2.24. The summed E-state index contributed by atoms with van der Waals surface area (Å²) in [7, 11) is 0. The summed E-state index contributed by atoms with van der Waals surface area (Å²) in [4.78, 5) is 11.2. The SMILES string of the molecule is CCCNC(=O)Nc1c(N)ccc(F)c1F. The Morgan fingerprint density at radius 2 is 2.12 bits per heavy atom. The zero-order chi connectivity index (χ0) is 12.1. The monoisotopic (exact) mass is 229 g/mol. The number of anilines is 2. The number of nitrogens with one attached hydrogen (secondary N) is 2.